The Kier molecular flexibility index (Phi) is 4.72. The lowest BCUT2D eigenvalue weighted by Crippen LogP contribution is -2.25. The van der Waals surface area contributed by atoms with Crippen molar-refractivity contribution in [2.45, 2.75) is 18.6 Å². The normalized spacial score (nSPS) is 18.8. The molecule has 0 saturated carbocycles. The topological polar surface area (TPSA) is 46.6 Å². The first kappa shape index (κ1) is 14.6. The number of nitrogens with zero attached hydrogens (tertiary/aromatic N) is 1. The molecule has 2 rings (SSSR count). The predicted molar refractivity (Wildman–Crippen MR) is 84.7 cm³/mol. The quantitative estimate of drug-likeness (QED) is 0.744. The van der Waals surface area contributed by atoms with E-state index in [-0.39, 0.29) is 16.3 Å². The minimum absolute atomic E-state index is 0.0348. The van der Waals surface area contributed by atoms with Crippen LogP contribution in [0.4, 0.5) is 5.69 Å². The van der Waals surface area contributed by atoms with Crippen molar-refractivity contribution in [3.05, 3.63) is 21.8 Å². The van der Waals surface area contributed by atoms with Crippen molar-refractivity contribution in [3.63, 3.8) is 0 Å². The zero-order valence-electron chi connectivity index (χ0n) is 10.7. The number of hydrogen-bond acceptors (Lipinski definition) is 4. The highest BCUT2D eigenvalue weighted by atomic mass is 127. The molecule has 102 valence electrons. The molecule has 1 aliphatic rings. The van der Waals surface area contributed by atoms with E-state index in [9.17, 15) is 9.59 Å². The van der Waals surface area contributed by atoms with Gasteiger partial charge in [-0.15, -0.1) is 0 Å². The number of hydrogen-bond donors (Lipinski definition) is 0. The molecule has 1 amide bonds. The second-order valence-electron chi connectivity index (χ2n) is 4.26. The lowest BCUT2D eigenvalue weighted by atomic mass is 10.2. The maximum absolute atomic E-state index is 12.1. The van der Waals surface area contributed by atoms with Crippen LogP contribution in [0.25, 0.3) is 0 Å². The Morgan fingerprint density at radius 1 is 1.53 bits per heavy atom. The molecule has 4 nitrogen and oxygen atoms in total. The van der Waals surface area contributed by atoms with Gasteiger partial charge in [0.15, 0.2) is 5.12 Å². The molecular formula is C13H14INO3S. The molecule has 0 bridgehead atoms. The SMILES string of the molecule is COc1ccc(I)cc1N1CC(SC(C)=O)CC1=O. The van der Waals surface area contributed by atoms with Crippen molar-refractivity contribution >= 4 is 51.1 Å². The maximum Gasteiger partial charge on any atom is 0.228 e. The molecule has 0 N–H and O–H groups in total. The average molecular weight is 391 g/mol. The fourth-order valence-corrected chi connectivity index (χ4v) is 3.49. The number of carbonyl (C=O) groups is 2. The van der Waals surface area contributed by atoms with Crippen molar-refractivity contribution < 1.29 is 14.3 Å². The van der Waals surface area contributed by atoms with Gasteiger partial charge in [0.1, 0.15) is 5.75 Å². The summed E-state index contributed by atoms with van der Waals surface area (Å²) in [6.45, 7) is 2.09. The summed E-state index contributed by atoms with van der Waals surface area (Å²) in [4.78, 5) is 24.9. The first-order valence-corrected chi connectivity index (χ1v) is 7.78. The Hall–Kier alpha value is -0.760. The third-order valence-electron chi connectivity index (χ3n) is 2.85. The van der Waals surface area contributed by atoms with E-state index in [0.717, 1.165) is 9.26 Å². The highest BCUT2D eigenvalue weighted by Crippen LogP contribution is 2.35. The van der Waals surface area contributed by atoms with Crippen molar-refractivity contribution in [1.82, 2.24) is 0 Å². The predicted octanol–water partition coefficient (Wildman–Crippen LogP) is 2.68. The summed E-state index contributed by atoms with van der Waals surface area (Å²) in [6.07, 6.45) is 0.402. The van der Waals surface area contributed by atoms with Crippen molar-refractivity contribution in [2.24, 2.45) is 0 Å². The third kappa shape index (κ3) is 3.42. The first-order chi connectivity index (χ1) is 9.01. The van der Waals surface area contributed by atoms with Crippen molar-refractivity contribution in [3.8, 4) is 5.75 Å². The van der Waals surface area contributed by atoms with Crippen LogP contribution in [0.1, 0.15) is 13.3 Å². The number of rotatable bonds is 3. The van der Waals surface area contributed by atoms with Gasteiger partial charge in [-0.3, -0.25) is 9.59 Å². The van der Waals surface area contributed by atoms with E-state index in [1.165, 1.54) is 18.7 Å². The van der Waals surface area contributed by atoms with Crippen LogP contribution in [0, 0.1) is 3.57 Å². The number of carbonyl (C=O) groups excluding carboxylic acids is 2. The summed E-state index contributed by atoms with van der Waals surface area (Å²) in [5.41, 5.74) is 0.783. The Morgan fingerprint density at radius 3 is 2.89 bits per heavy atom. The molecule has 1 heterocycles. The second-order valence-corrected chi connectivity index (χ2v) is 6.98. The fourth-order valence-electron chi connectivity index (χ4n) is 2.10. The molecule has 1 aromatic rings. The van der Waals surface area contributed by atoms with Crippen LogP contribution in [0.15, 0.2) is 18.2 Å². The molecule has 19 heavy (non-hydrogen) atoms. The molecule has 6 heteroatoms. The van der Waals surface area contributed by atoms with E-state index in [4.69, 9.17) is 4.74 Å². The number of methoxy groups -OCH3 is 1. The minimum atomic E-state index is 0.0348. The third-order valence-corrected chi connectivity index (χ3v) is 4.51. The summed E-state index contributed by atoms with van der Waals surface area (Å²) in [6, 6.07) is 5.72. The fraction of sp³-hybridized carbons (Fsp3) is 0.385. The number of benzene rings is 1. The number of ether oxygens (including phenoxy) is 1. The van der Waals surface area contributed by atoms with Gasteiger partial charge in [-0.1, -0.05) is 11.8 Å². The monoisotopic (exact) mass is 391 g/mol. The van der Waals surface area contributed by atoms with Gasteiger partial charge in [-0.05, 0) is 40.8 Å². The van der Waals surface area contributed by atoms with Crippen LogP contribution in [0.3, 0.4) is 0 Å². The number of amides is 1. The van der Waals surface area contributed by atoms with Crippen LogP contribution in [0.2, 0.25) is 0 Å². The van der Waals surface area contributed by atoms with Gasteiger partial charge in [0.05, 0.1) is 12.8 Å². The molecule has 1 fully saturated rings. The Bertz CT molecular complexity index is 521. The van der Waals surface area contributed by atoms with Crippen LogP contribution in [-0.2, 0) is 9.59 Å². The van der Waals surface area contributed by atoms with E-state index in [2.05, 4.69) is 22.6 Å². The first-order valence-electron chi connectivity index (χ1n) is 5.82. The highest BCUT2D eigenvalue weighted by Gasteiger charge is 2.33. The van der Waals surface area contributed by atoms with E-state index >= 15 is 0 Å². The summed E-state index contributed by atoms with van der Waals surface area (Å²) in [5, 5.41) is 0.0850. The van der Waals surface area contributed by atoms with Gasteiger partial charge in [0.2, 0.25) is 5.91 Å². The van der Waals surface area contributed by atoms with E-state index in [1.807, 2.05) is 18.2 Å². The minimum Gasteiger partial charge on any atom is -0.495 e. The van der Waals surface area contributed by atoms with Gasteiger partial charge in [-0.25, -0.2) is 0 Å². The zero-order valence-corrected chi connectivity index (χ0v) is 13.7. The Balaban J connectivity index is 2.25. The Labute approximate surface area is 130 Å². The average Bonchev–Trinajstić information content (AvgIpc) is 2.69. The lowest BCUT2D eigenvalue weighted by Gasteiger charge is -2.19. The highest BCUT2D eigenvalue weighted by molar-refractivity contribution is 14.1. The van der Waals surface area contributed by atoms with Gasteiger partial charge in [0, 0.05) is 28.7 Å². The summed E-state index contributed by atoms with van der Waals surface area (Å²) < 4.78 is 6.35. The molecule has 1 saturated heterocycles. The van der Waals surface area contributed by atoms with Crippen molar-refractivity contribution in [2.75, 3.05) is 18.6 Å². The molecule has 1 aromatic carbocycles. The number of anilines is 1. The molecule has 0 radical (unpaired) electrons. The number of halogens is 1. The largest absolute Gasteiger partial charge is 0.495 e. The molecule has 1 unspecified atom stereocenters. The maximum atomic E-state index is 12.1. The van der Waals surface area contributed by atoms with Crippen LogP contribution < -0.4 is 9.64 Å². The van der Waals surface area contributed by atoms with Gasteiger partial charge in [-0.2, -0.15) is 0 Å². The second kappa shape index (κ2) is 6.13. The van der Waals surface area contributed by atoms with Crippen LogP contribution >= 0.6 is 34.4 Å². The zero-order chi connectivity index (χ0) is 14.0. The van der Waals surface area contributed by atoms with Crippen LogP contribution in [-0.4, -0.2) is 29.9 Å². The number of thioether (sulfide) groups is 1. The van der Waals surface area contributed by atoms with Gasteiger partial charge < -0.3 is 9.64 Å². The summed E-state index contributed by atoms with van der Waals surface area (Å²) in [7, 11) is 1.59. The molecule has 0 spiro atoms. The molecule has 0 aromatic heterocycles. The summed E-state index contributed by atoms with van der Waals surface area (Å²) in [5.74, 6) is 0.723. The standard InChI is InChI=1S/C13H14INO3S/c1-8(16)19-10-6-13(17)15(7-10)11-5-9(14)3-4-12(11)18-2/h3-5,10H,6-7H2,1-2H3. The summed E-state index contributed by atoms with van der Waals surface area (Å²) >= 11 is 3.44. The van der Waals surface area contributed by atoms with Gasteiger partial charge >= 0.3 is 0 Å². The smallest absolute Gasteiger partial charge is 0.228 e. The molecular weight excluding hydrogens is 377 g/mol. The molecule has 1 aliphatic heterocycles. The van der Waals surface area contributed by atoms with Crippen molar-refractivity contribution in [1.29, 1.82) is 0 Å². The van der Waals surface area contributed by atoms with E-state index in [1.54, 1.807) is 12.0 Å². The van der Waals surface area contributed by atoms with Crippen LogP contribution in [0.5, 0.6) is 5.75 Å². The van der Waals surface area contributed by atoms with Gasteiger partial charge in [0.25, 0.3) is 0 Å². The Morgan fingerprint density at radius 2 is 2.26 bits per heavy atom. The van der Waals surface area contributed by atoms with E-state index < -0.39 is 0 Å². The lowest BCUT2D eigenvalue weighted by molar-refractivity contribution is -0.117. The van der Waals surface area contributed by atoms with E-state index in [0.29, 0.717) is 18.7 Å². The molecule has 0 aliphatic carbocycles. The molecule has 1 atom stereocenters.